The van der Waals surface area contributed by atoms with Crippen molar-refractivity contribution in [2.24, 2.45) is 0 Å². The van der Waals surface area contributed by atoms with Crippen LogP contribution in [-0.4, -0.2) is 21.3 Å². The Morgan fingerprint density at radius 2 is 2.38 bits per heavy atom. The molecule has 1 N–H and O–H groups in total. The van der Waals surface area contributed by atoms with Crippen LogP contribution in [0.25, 0.3) is 0 Å². The summed E-state index contributed by atoms with van der Waals surface area (Å²) in [5, 5.41) is 7.14. The van der Waals surface area contributed by atoms with Gasteiger partial charge in [0.2, 0.25) is 5.89 Å². The average Bonchev–Trinajstić information content (AvgIpc) is 2.86. The molecule has 2 rings (SSSR count). The molecule has 2 aromatic heterocycles. The quantitative estimate of drug-likeness (QED) is 0.826. The Bertz CT molecular complexity index is 446. The zero-order valence-electron chi connectivity index (χ0n) is 9.60. The normalized spacial score (nSPS) is 10.9. The van der Waals surface area contributed by atoms with Gasteiger partial charge in [-0.1, -0.05) is 12.1 Å². The van der Waals surface area contributed by atoms with Crippen LogP contribution >= 0.6 is 0 Å². The van der Waals surface area contributed by atoms with Gasteiger partial charge in [-0.15, -0.1) is 0 Å². The maximum absolute atomic E-state index is 4.92. The maximum Gasteiger partial charge on any atom is 0.223 e. The molecule has 86 valence electrons. The first-order valence-electron chi connectivity index (χ1n) is 5.42. The van der Waals surface area contributed by atoms with Gasteiger partial charge in [0.15, 0.2) is 5.82 Å². The van der Waals surface area contributed by atoms with Gasteiger partial charge in [0.25, 0.3) is 0 Å². The number of aromatic nitrogens is 3. The van der Waals surface area contributed by atoms with Crippen LogP contribution in [0.1, 0.15) is 24.2 Å². The number of hydrogen-bond donors (Lipinski definition) is 1. The van der Waals surface area contributed by atoms with Gasteiger partial charge >= 0.3 is 0 Å². The molecule has 0 bridgehead atoms. The molecule has 0 unspecified atom stereocenters. The van der Waals surface area contributed by atoms with Crippen LogP contribution in [0.3, 0.4) is 0 Å². The molecule has 2 heterocycles. The van der Waals surface area contributed by atoms with Crippen LogP contribution in [0, 0.1) is 6.92 Å². The molecule has 0 aliphatic heterocycles. The molecule has 5 heteroatoms. The number of nitrogens with zero attached hydrogens (tertiary/aromatic N) is 3. The van der Waals surface area contributed by atoms with Gasteiger partial charge in [-0.3, -0.25) is 0 Å². The Hall–Kier alpha value is -1.62. The summed E-state index contributed by atoms with van der Waals surface area (Å²) >= 11 is 0. The Kier molecular flexibility index (Phi) is 3.36. The van der Waals surface area contributed by atoms with E-state index in [0.29, 0.717) is 18.3 Å². The highest BCUT2D eigenvalue weighted by Gasteiger charge is 2.03. The highest BCUT2D eigenvalue weighted by molar-refractivity contribution is 5.10. The molecule has 0 amide bonds. The standard InChI is InChI=1S/C11H16N4O/c1-3-12-6-10-4-5-15(7-10)8-11-13-9(2)16-14-11/h4-5,7,12H,3,6,8H2,1-2H3. The van der Waals surface area contributed by atoms with Gasteiger partial charge in [0.1, 0.15) is 0 Å². The van der Waals surface area contributed by atoms with Crippen LogP contribution in [0.2, 0.25) is 0 Å². The minimum absolute atomic E-state index is 0.607. The first-order chi connectivity index (χ1) is 7.78. The van der Waals surface area contributed by atoms with Crippen molar-refractivity contribution in [1.29, 1.82) is 0 Å². The third kappa shape index (κ3) is 2.70. The fourth-order valence-electron chi connectivity index (χ4n) is 1.53. The van der Waals surface area contributed by atoms with E-state index in [-0.39, 0.29) is 0 Å². The molecule has 0 aliphatic rings. The number of rotatable bonds is 5. The number of hydrogen-bond acceptors (Lipinski definition) is 4. The Morgan fingerprint density at radius 3 is 3.06 bits per heavy atom. The predicted octanol–water partition coefficient (Wildman–Crippen LogP) is 1.34. The van der Waals surface area contributed by atoms with E-state index in [4.69, 9.17) is 4.52 Å². The summed E-state index contributed by atoms with van der Waals surface area (Å²) < 4.78 is 6.97. The first kappa shape index (κ1) is 10.9. The topological polar surface area (TPSA) is 55.9 Å². The molecule has 0 saturated carbocycles. The van der Waals surface area contributed by atoms with Crippen LogP contribution in [0.4, 0.5) is 0 Å². The van der Waals surface area contributed by atoms with Gasteiger partial charge in [-0.25, -0.2) is 0 Å². The minimum atomic E-state index is 0.607. The summed E-state index contributed by atoms with van der Waals surface area (Å²) in [6.45, 7) is 6.43. The van der Waals surface area contributed by atoms with Crippen LogP contribution in [-0.2, 0) is 13.1 Å². The second-order valence-corrected chi connectivity index (χ2v) is 3.70. The van der Waals surface area contributed by atoms with Crippen molar-refractivity contribution >= 4 is 0 Å². The molecular formula is C11H16N4O. The largest absolute Gasteiger partial charge is 0.346 e. The smallest absolute Gasteiger partial charge is 0.223 e. The molecule has 0 radical (unpaired) electrons. The van der Waals surface area contributed by atoms with Crippen LogP contribution in [0.15, 0.2) is 23.0 Å². The lowest BCUT2D eigenvalue weighted by Gasteiger charge is -1.98. The number of nitrogens with one attached hydrogen (secondary N) is 1. The third-order valence-corrected chi connectivity index (χ3v) is 2.28. The highest BCUT2D eigenvalue weighted by Crippen LogP contribution is 2.04. The summed E-state index contributed by atoms with van der Waals surface area (Å²) in [6, 6.07) is 2.09. The summed E-state index contributed by atoms with van der Waals surface area (Å²) in [5.41, 5.74) is 1.27. The van der Waals surface area contributed by atoms with E-state index in [9.17, 15) is 0 Å². The summed E-state index contributed by atoms with van der Waals surface area (Å²) in [7, 11) is 0. The van der Waals surface area contributed by atoms with Crippen LogP contribution in [0.5, 0.6) is 0 Å². The van der Waals surface area contributed by atoms with Gasteiger partial charge in [0.05, 0.1) is 6.54 Å². The Labute approximate surface area is 94.5 Å². The Balaban J connectivity index is 1.97. The van der Waals surface area contributed by atoms with Gasteiger partial charge in [-0.05, 0) is 18.2 Å². The fraction of sp³-hybridized carbons (Fsp3) is 0.455. The molecule has 0 aromatic carbocycles. The van der Waals surface area contributed by atoms with E-state index in [2.05, 4.69) is 39.2 Å². The highest BCUT2D eigenvalue weighted by atomic mass is 16.5. The maximum atomic E-state index is 4.92. The van der Waals surface area contributed by atoms with Crippen molar-refractivity contribution in [3.05, 3.63) is 35.7 Å². The molecule has 16 heavy (non-hydrogen) atoms. The van der Waals surface area contributed by atoms with Crippen molar-refractivity contribution in [2.75, 3.05) is 6.54 Å². The lowest BCUT2D eigenvalue weighted by molar-refractivity contribution is 0.386. The van der Waals surface area contributed by atoms with Gasteiger partial charge in [0, 0.05) is 25.9 Å². The molecule has 5 nitrogen and oxygen atoms in total. The third-order valence-electron chi connectivity index (χ3n) is 2.28. The van der Waals surface area contributed by atoms with Gasteiger partial charge < -0.3 is 14.4 Å². The van der Waals surface area contributed by atoms with E-state index < -0.39 is 0 Å². The average molecular weight is 220 g/mol. The van der Waals surface area contributed by atoms with Gasteiger partial charge in [-0.2, -0.15) is 4.98 Å². The molecule has 0 atom stereocenters. The second-order valence-electron chi connectivity index (χ2n) is 3.70. The lowest BCUT2D eigenvalue weighted by Crippen LogP contribution is -2.11. The summed E-state index contributed by atoms with van der Waals surface area (Å²) in [5.74, 6) is 1.32. The van der Waals surface area contributed by atoms with Crippen molar-refractivity contribution in [3.8, 4) is 0 Å². The fourth-order valence-corrected chi connectivity index (χ4v) is 1.53. The summed E-state index contributed by atoms with van der Waals surface area (Å²) in [6.07, 6.45) is 4.12. The van der Waals surface area contributed by atoms with Crippen molar-refractivity contribution in [3.63, 3.8) is 0 Å². The Morgan fingerprint density at radius 1 is 1.50 bits per heavy atom. The number of aryl methyl sites for hydroxylation is 1. The zero-order valence-corrected chi connectivity index (χ0v) is 9.60. The van der Waals surface area contributed by atoms with Crippen LogP contribution < -0.4 is 5.32 Å². The SMILES string of the molecule is CCNCc1ccn(Cc2noc(C)n2)c1. The van der Waals surface area contributed by atoms with E-state index in [1.54, 1.807) is 6.92 Å². The monoisotopic (exact) mass is 220 g/mol. The zero-order chi connectivity index (χ0) is 11.4. The van der Waals surface area contributed by atoms with Crippen molar-refractivity contribution in [2.45, 2.75) is 26.9 Å². The molecule has 0 aliphatic carbocycles. The minimum Gasteiger partial charge on any atom is -0.346 e. The van der Waals surface area contributed by atoms with E-state index in [0.717, 1.165) is 13.1 Å². The first-order valence-corrected chi connectivity index (χ1v) is 5.42. The lowest BCUT2D eigenvalue weighted by atomic mass is 10.3. The van der Waals surface area contributed by atoms with E-state index in [1.807, 2.05) is 6.20 Å². The molecule has 2 aromatic rings. The predicted molar refractivity (Wildman–Crippen MR) is 59.9 cm³/mol. The molecular weight excluding hydrogens is 204 g/mol. The molecule has 0 fully saturated rings. The van der Waals surface area contributed by atoms with Crippen molar-refractivity contribution in [1.82, 2.24) is 20.0 Å². The van der Waals surface area contributed by atoms with E-state index in [1.165, 1.54) is 5.56 Å². The second kappa shape index (κ2) is 4.94. The molecule has 0 saturated heterocycles. The molecule has 0 spiro atoms. The van der Waals surface area contributed by atoms with Crippen molar-refractivity contribution < 1.29 is 4.52 Å². The van der Waals surface area contributed by atoms with E-state index >= 15 is 0 Å². The summed E-state index contributed by atoms with van der Waals surface area (Å²) in [4.78, 5) is 4.16.